The molecule has 0 aromatic heterocycles. The van der Waals surface area contributed by atoms with Gasteiger partial charge in [0.15, 0.2) is 11.5 Å². The number of ether oxygens (including phenoxy) is 2. The van der Waals surface area contributed by atoms with Gasteiger partial charge in [-0.15, -0.1) is 0 Å². The first-order valence-corrected chi connectivity index (χ1v) is 12.7. The van der Waals surface area contributed by atoms with Gasteiger partial charge in [0.2, 0.25) is 10.0 Å². The van der Waals surface area contributed by atoms with Crippen LogP contribution in [0.5, 0.6) is 11.5 Å². The number of fused-ring (bicyclic) bond motifs is 1. The van der Waals surface area contributed by atoms with E-state index < -0.39 is 15.9 Å². The lowest BCUT2D eigenvalue weighted by Crippen LogP contribution is -2.32. The van der Waals surface area contributed by atoms with E-state index >= 15 is 0 Å². The van der Waals surface area contributed by atoms with Gasteiger partial charge in [0.25, 0.3) is 5.91 Å². The Balaban J connectivity index is 1.53. The summed E-state index contributed by atoms with van der Waals surface area (Å²) in [7, 11) is -3.68. The number of benzene rings is 2. The molecule has 1 saturated heterocycles. The Kier molecular flexibility index (Phi) is 6.93. The van der Waals surface area contributed by atoms with Crippen molar-refractivity contribution in [2.45, 2.75) is 43.5 Å². The molecule has 0 saturated carbocycles. The molecule has 9 heteroatoms. The summed E-state index contributed by atoms with van der Waals surface area (Å²) < 4.78 is 38.9. The van der Waals surface area contributed by atoms with Crippen LogP contribution in [0, 0.1) is 0 Å². The third-order valence-corrected chi connectivity index (χ3v) is 8.02. The van der Waals surface area contributed by atoms with Crippen LogP contribution >= 0.6 is 11.6 Å². The number of hydrogen-bond acceptors (Lipinski definition) is 5. The fourth-order valence-electron chi connectivity index (χ4n) is 3.96. The molecule has 1 N–H and O–H groups in total. The molecule has 2 heterocycles. The summed E-state index contributed by atoms with van der Waals surface area (Å²) in [6, 6.07) is 9.46. The van der Waals surface area contributed by atoms with E-state index in [1.54, 1.807) is 0 Å². The second-order valence-corrected chi connectivity index (χ2v) is 10.4. The molecule has 0 unspecified atom stereocenters. The summed E-state index contributed by atoms with van der Waals surface area (Å²) in [5, 5.41) is 3.10. The van der Waals surface area contributed by atoms with Crippen LogP contribution in [-0.4, -0.2) is 44.9 Å². The monoisotopic (exact) mass is 478 g/mol. The molecule has 32 heavy (non-hydrogen) atoms. The van der Waals surface area contributed by atoms with Crippen LogP contribution in [0.25, 0.3) is 0 Å². The van der Waals surface area contributed by atoms with Crippen molar-refractivity contribution in [1.82, 2.24) is 9.62 Å². The SMILES string of the molecule is C[C@H](NC(=O)c1cc(S(=O)(=O)N2CCCCCC2)ccc1Cl)c1ccc2c(c1)OCCO2. The average molecular weight is 479 g/mol. The maximum absolute atomic E-state index is 13.1. The van der Waals surface area contributed by atoms with E-state index in [9.17, 15) is 13.2 Å². The number of nitrogens with zero attached hydrogens (tertiary/aromatic N) is 1. The predicted molar refractivity (Wildman–Crippen MR) is 122 cm³/mol. The maximum Gasteiger partial charge on any atom is 0.253 e. The highest BCUT2D eigenvalue weighted by atomic mass is 35.5. The van der Waals surface area contributed by atoms with Crippen molar-refractivity contribution < 1.29 is 22.7 Å². The molecule has 0 spiro atoms. The molecule has 2 aliphatic rings. The zero-order valence-electron chi connectivity index (χ0n) is 18.0. The smallest absolute Gasteiger partial charge is 0.253 e. The van der Waals surface area contributed by atoms with Crippen molar-refractivity contribution in [1.29, 1.82) is 0 Å². The van der Waals surface area contributed by atoms with Gasteiger partial charge in [-0.2, -0.15) is 4.31 Å². The number of rotatable bonds is 5. The Hall–Kier alpha value is -2.29. The summed E-state index contributed by atoms with van der Waals surface area (Å²) in [5.41, 5.74) is 0.971. The van der Waals surface area contributed by atoms with Crippen molar-refractivity contribution in [2.24, 2.45) is 0 Å². The highest BCUT2D eigenvalue weighted by Gasteiger charge is 2.27. The van der Waals surface area contributed by atoms with Gasteiger partial charge in [0.05, 0.1) is 21.5 Å². The van der Waals surface area contributed by atoms with Gasteiger partial charge in [0.1, 0.15) is 13.2 Å². The lowest BCUT2D eigenvalue weighted by molar-refractivity contribution is 0.0939. The minimum Gasteiger partial charge on any atom is -0.486 e. The Morgan fingerprint density at radius 2 is 1.69 bits per heavy atom. The second-order valence-electron chi connectivity index (χ2n) is 8.06. The minimum absolute atomic E-state index is 0.0842. The third kappa shape index (κ3) is 4.87. The Labute approximate surface area is 193 Å². The summed E-state index contributed by atoms with van der Waals surface area (Å²) >= 11 is 6.27. The van der Waals surface area contributed by atoms with Gasteiger partial charge in [-0.25, -0.2) is 8.42 Å². The molecule has 1 fully saturated rings. The van der Waals surface area contributed by atoms with Gasteiger partial charge < -0.3 is 14.8 Å². The number of sulfonamides is 1. The molecule has 0 radical (unpaired) electrons. The Morgan fingerprint density at radius 1 is 1.00 bits per heavy atom. The standard InChI is InChI=1S/C23H27ClN2O5S/c1-16(17-6-9-21-22(14-17)31-13-12-30-21)25-23(27)19-15-18(7-8-20(19)24)32(28,29)26-10-4-2-3-5-11-26/h6-9,14-16H,2-5,10-13H2,1H3,(H,25,27)/t16-/m0/s1. The van der Waals surface area contributed by atoms with Crippen LogP contribution in [-0.2, 0) is 10.0 Å². The number of carbonyl (C=O) groups excluding carboxylic acids is 1. The molecule has 4 rings (SSSR count). The highest BCUT2D eigenvalue weighted by Crippen LogP contribution is 2.33. The van der Waals surface area contributed by atoms with E-state index in [-0.39, 0.29) is 21.5 Å². The van der Waals surface area contributed by atoms with Crippen molar-refractivity contribution in [3.05, 3.63) is 52.5 Å². The molecule has 2 aromatic carbocycles. The zero-order chi connectivity index (χ0) is 22.7. The minimum atomic E-state index is -3.68. The van der Waals surface area contributed by atoms with Crippen molar-refractivity contribution in [3.63, 3.8) is 0 Å². The fourth-order valence-corrected chi connectivity index (χ4v) is 5.70. The predicted octanol–water partition coefficient (Wildman–Crippen LogP) is 4.17. The second kappa shape index (κ2) is 9.68. The number of nitrogens with one attached hydrogen (secondary N) is 1. The van der Waals surface area contributed by atoms with Crippen LogP contribution in [0.2, 0.25) is 5.02 Å². The molecular weight excluding hydrogens is 452 g/mol. The molecule has 0 aliphatic carbocycles. The molecule has 1 atom stereocenters. The van der Waals surface area contributed by atoms with E-state index in [0.717, 1.165) is 31.2 Å². The van der Waals surface area contributed by atoms with E-state index in [1.165, 1.54) is 22.5 Å². The first-order valence-electron chi connectivity index (χ1n) is 10.9. The van der Waals surface area contributed by atoms with Crippen molar-refractivity contribution >= 4 is 27.5 Å². The number of hydrogen-bond donors (Lipinski definition) is 1. The maximum atomic E-state index is 13.1. The molecule has 172 valence electrons. The topological polar surface area (TPSA) is 84.9 Å². The van der Waals surface area contributed by atoms with Gasteiger partial charge in [0, 0.05) is 13.1 Å². The lowest BCUT2D eigenvalue weighted by atomic mass is 10.1. The Morgan fingerprint density at radius 3 is 2.41 bits per heavy atom. The van der Waals surface area contributed by atoms with Crippen LogP contribution in [0.4, 0.5) is 0 Å². The van der Waals surface area contributed by atoms with Crippen LogP contribution in [0.15, 0.2) is 41.3 Å². The molecule has 2 aromatic rings. The Bertz CT molecular complexity index is 1100. The van der Waals surface area contributed by atoms with E-state index in [4.69, 9.17) is 21.1 Å². The van der Waals surface area contributed by atoms with Gasteiger partial charge >= 0.3 is 0 Å². The molecule has 7 nitrogen and oxygen atoms in total. The molecule has 0 bridgehead atoms. The molecular formula is C23H27ClN2O5S. The normalized spacial score (nSPS) is 17.9. The number of amides is 1. The first-order chi connectivity index (χ1) is 15.4. The summed E-state index contributed by atoms with van der Waals surface area (Å²) in [5.74, 6) is 0.872. The lowest BCUT2D eigenvalue weighted by Gasteiger charge is -2.22. The first kappa shape index (κ1) is 22.9. The van der Waals surface area contributed by atoms with Gasteiger partial charge in [-0.3, -0.25) is 4.79 Å². The summed E-state index contributed by atoms with van der Waals surface area (Å²) in [6.07, 6.45) is 3.73. The zero-order valence-corrected chi connectivity index (χ0v) is 19.5. The number of halogens is 1. The fraction of sp³-hybridized carbons (Fsp3) is 0.435. The summed E-state index contributed by atoms with van der Waals surface area (Å²) in [6.45, 7) is 3.81. The van der Waals surface area contributed by atoms with Crippen LogP contribution < -0.4 is 14.8 Å². The van der Waals surface area contributed by atoms with Crippen LogP contribution in [0.3, 0.4) is 0 Å². The molecule has 1 amide bonds. The summed E-state index contributed by atoms with van der Waals surface area (Å²) in [4.78, 5) is 13.1. The van der Waals surface area contributed by atoms with Crippen molar-refractivity contribution in [2.75, 3.05) is 26.3 Å². The molecule has 2 aliphatic heterocycles. The van der Waals surface area contributed by atoms with Crippen molar-refractivity contribution in [3.8, 4) is 11.5 Å². The van der Waals surface area contributed by atoms with E-state index in [1.807, 2.05) is 25.1 Å². The van der Waals surface area contributed by atoms with Gasteiger partial charge in [-0.1, -0.05) is 30.5 Å². The van der Waals surface area contributed by atoms with Gasteiger partial charge in [-0.05, 0) is 55.7 Å². The van der Waals surface area contributed by atoms with E-state index in [0.29, 0.717) is 37.8 Å². The number of carbonyl (C=O) groups is 1. The third-order valence-electron chi connectivity index (χ3n) is 5.80. The quantitative estimate of drug-likeness (QED) is 0.697. The van der Waals surface area contributed by atoms with E-state index in [2.05, 4.69) is 5.32 Å². The average Bonchev–Trinajstić information content (AvgIpc) is 3.09. The largest absolute Gasteiger partial charge is 0.486 e. The highest BCUT2D eigenvalue weighted by molar-refractivity contribution is 7.89. The van der Waals surface area contributed by atoms with Crippen LogP contribution in [0.1, 0.15) is 54.6 Å².